The summed E-state index contributed by atoms with van der Waals surface area (Å²) in [4.78, 5) is 29.7. The second-order valence-corrected chi connectivity index (χ2v) is 15.4. The maximum Gasteiger partial charge on any atom is 0.407 e. The standard InChI is InChI=1S/C36H32N2O4S4/c1-3-32(39)41-19-18-37-34(40)42-21-36(2,23-44-35-38-29-15-5-7-17-31(29)46-35)22-43-25-11-8-10-24(20-25)26-13-9-14-28-27-12-4-6-16-30(27)45-33(26)28/h3-17,20H,1,18-19,21-23H2,2H3,(H,37,40). The van der Waals surface area contributed by atoms with Crippen molar-refractivity contribution in [2.75, 3.05) is 31.3 Å². The highest BCUT2D eigenvalue weighted by molar-refractivity contribution is 8.01. The van der Waals surface area contributed by atoms with E-state index in [0.717, 1.165) is 31.3 Å². The monoisotopic (exact) mass is 684 g/mol. The fourth-order valence-electron chi connectivity index (χ4n) is 4.91. The Balaban J connectivity index is 1.16. The van der Waals surface area contributed by atoms with E-state index in [0.29, 0.717) is 5.75 Å². The van der Waals surface area contributed by atoms with E-state index in [-0.39, 0.29) is 25.2 Å². The number of fused-ring (bicyclic) bond motifs is 4. The summed E-state index contributed by atoms with van der Waals surface area (Å²) in [5, 5.41) is 5.23. The van der Waals surface area contributed by atoms with Crippen molar-refractivity contribution in [3.8, 4) is 11.1 Å². The lowest BCUT2D eigenvalue weighted by atomic mass is 9.98. The molecule has 234 valence electrons. The summed E-state index contributed by atoms with van der Waals surface area (Å²) in [5.74, 6) is 0.910. The third kappa shape index (κ3) is 7.75. The highest BCUT2D eigenvalue weighted by Crippen LogP contribution is 2.41. The summed E-state index contributed by atoms with van der Waals surface area (Å²) in [7, 11) is 0. The van der Waals surface area contributed by atoms with Crippen LogP contribution in [-0.2, 0) is 14.3 Å². The number of benzene rings is 4. The first kappa shape index (κ1) is 32.1. The molecule has 0 bridgehead atoms. The number of amides is 1. The average molecular weight is 685 g/mol. The number of hydrogen-bond donors (Lipinski definition) is 1. The zero-order chi connectivity index (χ0) is 31.9. The van der Waals surface area contributed by atoms with Crippen molar-refractivity contribution in [1.82, 2.24) is 10.3 Å². The first-order chi connectivity index (χ1) is 22.4. The van der Waals surface area contributed by atoms with Crippen molar-refractivity contribution in [2.24, 2.45) is 5.41 Å². The minimum absolute atomic E-state index is 0.0477. The van der Waals surface area contributed by atoms with Gasteiger partial charge in [0.25, 0.3) is 0 Å². The zero-order valence-electron chi connectivity index (χ0n) is 25.2. The molecule has 0 spiro atoms. The maximum atomic E-state index is 12.5. The van der Waals surface area contributed by atoms with E-state index in [4.69, 9.17) is 14.5 Å². The molecule has 6 rings (SSSR count). The number of alkyl carbamates (subject to hydrolysis) is 1. The van der Waals surface area contributed by atoms with Crippen LogP contribution in [-0.4, -0.2) is 48.3 Å². The van der Waals surface area contributed by atoms with Crippen LogP contribution >= 0.6 is 46.2 Å². The molecule has 0 aliphatic rings. The number of thiazole rings is 1. The van der Waals surface area contributed by atoms with Crippen LogP contribution in [0.3, 0.4) is 0 Å². The fraction of sp³-hybridized carbons (Fsp3) is 0.194. The summed E-state index contributed by atoms with van der Waals surface area (Å²) in [5.41, 5.74) is 3.04. The summed E-state index contributed by atoms with van der Waals surface area (Å²) in [6.45, 7) is 5.93. The highest BCUT2D eigenvalue weighted by Gasteiger charge is 2.28. The number of para-hydroxylation sites is 1. The van der Waals surface area contributed by atoms with E-state index in [1.54, 1.807) is 34.9 Å². The molecule has 6 nitrogen and oxygen atoms in total. The zero-order valence-corrected chi connectivity index (χ0v) is 28.5. The van der Waals surface area contributed by atoms with Gasteiger partial charge in [-0.05, 0) is 41.5 Å². The van der Waals surface area contributed by atoms with Crippen LogP contribution in [0.2, 0.25) is 0 Å². The fourth-order valence-corrected chi connectivity index (χ4v) is 9.57. The minimum atomic E-state index is -0.547. The molecule has 2 aromatic heterocycles. The Hall–Kier alpha value is -3.83. The van der Waals surface area contributed by atoms with E-state index in [2.05, 4.69) is 91.6 Å². The van der Waals surface area contributed by atoms with Gasteiger partial charge >= 0.3 is 12.1 Å². The predicted octanol–water partition coefficient (Wildman–Crippen LogP) is 9.68. The van der Waals surface area contributed by atoms with Gasteiger partial charge in [0.2, 0.25) is 0 Å². The quantitative estimate of drug-likeness (QED) is 0.0562. The number of hydrogen-bond acceptors (Lipinski definition) is 9. The van der Waals surface area contributed by atoms with Gasteiger partial charge in [-0.2, -0.15) is 0 Å². The topological polar surface area (TPSA) is 77.5 Å². The lowest BCUT2D eigenvalue weighted by molar-refractivity contribution is -0.137. The summed E-state index contributed by atoms with van der Waals surface area (Å²) in [6, 6.07) is 31.9. The summed E-state index contributed by atoms with van der Waals surface area (Å²) >= 11 is 6.95. The Morgan fingerprint density at radius 2 is 1.65 bits per heavy atom. The largest absolute Gasteiger partial charge is 0.461 e. The normalized spacial score (nSPS) is 12.6. The molecule has 4 aromatic carbocycles. The van der Waals surface area contributed by atoms with Crippen molar-refractivity contribution in [1.29, 1.82) is 0 Å². The van der Waals surface area contributed by atoms with Crippen LogP contribution in [0.15, 0.2) is 113 Å². The molecular formula is C36H32N2O4S4. The Kier molecular flexibility index (Phi) is 10.3. The van der Waals surface area contributed by atoms with Crippen LogP contribution in [0, 0.1) is 5.41 Å². The predicted molar refractivity (Wildman–Crippen MR) is 194 cm³/mol. The van der Waals surface area contributed by atoms with Gasteiger partial charge in [-0.3, -0.25) is 0 Å². The number of carbonyl (C=O) groups is 2. The molecule has 1 N–H and O–H groups in total. The van der Waals surface area contributed by atoms with Gasteiger partial charge in [-0.15, -0.1) is 34.4 Å². The number of nitrogens with zero attached hydrogens (tertiary/aromatic N) is 1. The van der Waals surface area contributed by atoms with Crippen LogP contribution < -0.4 is 5.32 Å². The molecule has 0 fully saturated rings. The van der Waals surface area contributed by atoms with E-state index in [1.165, 1.54) is 31.3 Å². The van der Waals surface area contributed by atoms with Crippen molar-refractivity contribution < 1.29 is 19.1 Å². The molecule has 10 heteroatoms. The van der Waals surface area contributed by atoms with Crippen molar-refractivity contribution in [3.05, 3.63) is 104 Å². The molecular weight excluding hydrogens is 653 g/mol. The first-order valence-corrected chi connectivity index (χ1v) is 18.3. The highest BCUT2D eigenvalue weighted by atomic mass is 32.2. The van der Waals surface area contributed by atoms with Gasteiger partial charge in [0.1, 0.15) is 13.2 Å². The number of ether oxygens (including phenoxy) is 2. The number of nitrogens with one attached hydrogen (secondary N) is 1. The third-order valence-electron chi connectivity index (χ3n) is 7.29. The lowest BCUT2D eigenvalue weighted by Gasteiger charge is -2.28. The maximum absolute atomic E-state index is 12.5. The SMILES string of the molecule is C=CC(=O)OCCNC(=O)OCC(C)(CSc1cccc(-c2cccc3c2sc2ccccc23)c1)CSc1nc2ccccc2s1. The van der Waals surface area contributed by atoms with Crippen molar-refractivity contribution in [3.63, 3.8) is 0 Å². The minimum Gasteiger partial charge on any atom is -0.461 e. The van der Waals surface area contributed by atoms with Gasteiger partial charge in [-0.1, -0.05) is 85.9 Å². The molecule has 2 heterocycles. The Morgan fingerprint density at radius 1 is 0.891 bits per heavy atom. The first-order valence-electron chi connectivity index (χ1n) is 14.7. The van der Waals surface area contributed by atoms with Crippen molar-refractivity contribution >= 4 is 88.6 Å². The van der Waals surface area contributed by atoms with Crippen molar-refractivity contribution in [2.45, 2.75) is 16.2 Å². The third-order valence-corrected chi connectivity index (χ3v) is 12.6. The lowest BCUT2D eigenvalue weighted by Crippen LogP contribution is -2.35. The van der Waals surface area contributed by atoms with Gasteiger partial charge in [0.05, 0.1) is 16.8 Å². The number of carbonyl (C=O) groups excluding carboxylic acids is 2. The molecule has 0 radical (unpaired) electrons. The van der Waals surface area contributed by atoms with Crippen LogP contribution in [0.25, 0.3) is 41.5 Å². The molecule has 0 saturated heterocycles. The van der Waals surface area contributed by atoms with Crippen LogP contribution in [0.5, 0.6) is 0 Å². The molecule has 1 atom stereocenters. The second kappa shape index (κ2) is 14.7. The Labute approximate surface area is 284 Å². The Bertz CT molecular complexity index is 1990. The molecule has 0 saturated carbocycles. The Morgan fingerprint density at radius 3 is 2.50 bits per heavy atom. The second-order valence-electron chi connectivity index (χ2n) is 11.0. The summed E-state index contributed by atoms with van der Waals surface area (Å²) in [6.07, 6.45) is 0.541. The van der Waals surface area contributed by atoms with E-state index >= 15 is 0 Å². The number of thioether (sulfide) groups is 2. The van der Waals surface area contributed by atoms with E-state index in [9.17, 15) is 9.59 Å². The van der Waals surface area contributed by atoms with Crippen LogP contribution in [0.1, 0.15) is 6.92 Å². The van der Waals surface area contributed by atoms with Gasteiger partial charge in [0.15, 0.2) is 4.34 Å². The number of aromatic nitrogens is 1. The van der Waals surface area contributed by atoms with E-state index < -0.39 is 12.1 Å². The van der Waals surface area contributed by atoms with Gasteiger partial charge in [-0.25, -0.2) is 14.6 Å². The number of esters is 1. The van der Waals surface area contributed by atoms with Gasteiger partial charge in [0, 0.05) is 48.1 Å². The molecule has 0 aliphatic heterocycles. The van der Waals surface area contributed by atoms with Gasteiger partial charge < -0.3 is 14.8 Å². The average Bonchev–Trinajstić information content (AvgIpc) is 3.69. The smallest absolute Gasteiger partial charge is 0.407 e. The number of rotatable bonds is 13. The summed E-state index contributed by atoms with van der Waals surface area (Å²) < 4.78 is 15.3. The van der Waals surface area contributed by atoms with Crippen LogP contribution in [0.4, 0.5) is 4.79 Å². The molecule has 0 aliphatic carbocycles. The molecule has 1 unspecified atom stereocenters. The molecule has 46 heavy (non-hydrogen) atoms. The molecule has 1 amide bonds. The molecule has 6 aromatic rings. The van der Waals surface area contributed by atoms with E-state index in [1.807, 2.05) is 29.5 Å². The number of thiophene rings is 1.